The largest absolute Gasteiger partial charge is 0.374 e. The van der Waals surface area contributed by atoms with E-state index < -0.39 is 5.91 Å². The van der Waals surface area contributed by atoms with Gasteiger partial charge in [-0.05, 0) is 18.6 Å². The summed E-state index contributed by atoms with van der Waals surface area (Å²) in [5.74, 6) is -0.609. The SMILES string of the molecule is C[C@H]1CN(C(=O)c2cc(C(N)=O)cs2)[C@H](c2ccccc2)CO1. The van der Waals surface area contributed by atoms with E-state index in [0.717, 1.165) is 5.56 Å². The highest BCUT2D eigenvalue weighted by atomic mass is 32.1. The van der Waals surface area contributed by atoms with E-state index in [4.69, 9.17) is 10.5 Å². The molecule has 0 aliphatic carbocycles. The maximum Gasteiger partial charge on any atom is 0.264 e. The molecule has 23 heavy (non-hydrogen) atoms. The van der Waals surface area contributed by atoms with Crippen LogP contribution in [0.2, 0.25) is 0 Å². The fraction of sp³-hybridized carbons (Fsp3) is 0.294. The fourth-order valence-corrected chi connectivity index (χ4v) is 3.55. The second kappa shape index (κ2) is 6.52. The van der Waals surface area contributed by atoms with Crippen molar-refractivity contribution < 1.29 is 14.3 Å². The third-order valence-electron chi connectivity index (χ3n) is 3.91. The Bertz CT molecular complexity index is 714. The second-order valence-corrected chi connectivity index (χ2v) is 6.50. The lowest BCUT2D eigenvalue weighted by Gasteiger charge is -2.38. The fourth-order valence-electron chi connectivity index (χ4n) is 2.70. The molecule has 2 amide bonds. The molecule has 1 aliphatic rings. The molecular weight excluding hydrogens is 312 g/mol. The Morgan fingerprint density at radius 1 is 1.30 bits per heavy atom. The average Bonchev–Trinajstić information content (AvgIpc) is 3.05. The van der Waals surface area contributed by atoms with Crippen LogP contribution in [0.25, 0.3) is 0 Å². The molecule has 1 aliphatic heterocycles. The van der Waals surface area contributed by atoms with Gasteiger partial charge in [0.05, 0.1) is 29.2 Å². The summed E-state index contributed by atoms with van der Waals surface area (Å²) in [5.41, 5.74) is 6.68. The molecule has 1 saturated heterocycles. The van der Waals surface area contributed by atoms with E-state index in [1.807, 2.05) is 42.2 Å². The van der Waals surface area contributed by atoms with Gasteiger partial charge in [0, 0.05) is 11.9 Å². The first-order valence-electron chi connectivity index (χ1n) is 7.42. The standard InChI is InChI=1S/C17H18N2O3S/c1-11-8-19(14(9-22-11)12-5-3-2-4-6-12)17(21)15-7-13(10-23-15)16(18)20/h2-7,10-11,14H,8-9H2,1H3,(H2,18,20)/t11-,14-/m0/s1. The Kier molecular flexibility index (Phi) is 4.45. The minimum Gasteiger partial charge on any atom is -0.374 e. The normalized spacial score (nSPS) is 21.2. The van der Waals surface area contributed by atoms with Crippen LogP contribution >= 0.6 is 11.3 Å². The first-order valence-corrected chi connectivity index (χ1v) is 8.30. The van der Waals surface area contributed by atoms with Crippen LogP contribution in [0.3, 0.4) is 0 Å². The van der Waals surface area contributed by atoms with Crippen molar-refractivity contribution in [2.24, 2.45) is 5.73 Å². The molecule has 2 N–H and O–H groups in total. The summed E-state index contributed by atoms with van der Waals surface area (Å²) >= 11 is 1.25. The molecule has 2 heterocycles. The van der Waals surface area contributed by atoms with Crippen LogP contribution in [0.5, 0.6) is 0 Å². The van der Waals surface area contributed by atoms with Gasteiger partial charge in [0.2, 0.25) is 5.91 Å². The summed E-state index contributed by atoms with van der Waals surface area (Å²) < 4.78 is 5.74. The molecule has 1 aromatic heterocycles. The zero-order chi connectivity index (χ0) is 16.4. The van der Waals surface area contributed by atoms with Gasteiger partial charge in [0.15, 0.2) is 0 Å². The van der Waals surface area contributed by atoms with Gasteiger partial charge in [0.1, 0.15) is 0 Å². The van der Waals surface area contributed by atoms with E-state index in [1.54, 1.807) is 11.4 Å². The predicted molar refractivity (Wildman–Crippen MR) is 88.5 cm³/mol. The number of primary amides is 1. The smallest absolute Gasteiger partial charge is 0.264 e. The first-order chi connectivity index (χ1) is 11.1. The van der Waals surface area contributed by atoms with Gasteiger partial charge >= 0.3 is 0 Å². The highest BCUT2D eigenvalue weighted by molar-refractivity contribution is 7.12. The summed E-state index contributed by atoms with van der Waals surface area (Å²) in [7, 11) is 0. The number of amides is 2. The van der Waals surface area contributed by atoms with Gasteiger partial charge in [-0.2, -0.15) is 0 Å². The topological polar surface area (TPSA) is 72.6 Å². The molecule has 2 aromatic rings. The van der Waals surface area contributed by atoms with Crippen molar-refractivity contribution in [3.8, 4) is 0 Å². The Morgan fingerprint density at radius 2 is 2.04 bits per heavy atom. The van der Waals surface area contributed by atoms with Crippen LogP contribution in [0.4, 0.5) is 0 Å². The highest BCUT2D eigenvalue weighted by Gasteiger charge is 2.32. The van der Waals surface area contributed by atoms with Crippen molar-refractivity contribution in [1.82, 2.24) is 4.90 Å². The van der Waals surface area contributed by atoms with Gasteiger partial charge in [-0.3, -0.25) is 9.59 Å². The predicted octanol–water partition coefficient (Wildman–Crippen LogP) is 2.45. The van der Waals surface area contributed by atoms with Crippen molar-refractivity contribution in [3.05, 3.63) is 57.8 Å². The molecule has 5 nitrogen and oxygen atoms in total. The minimum atomic E-state index is -0.518. The van der Waals surface area contributed by atoms with Crippen LogP contribution < -0.4 is 5.73 Å². The van der Waals surface area contributed by atoms with Crippen LogP contribution in [0, 0.1) is 0 Å². The van der Waals surface area contributed by atoms with E-state index in [9.17, 15) is 9.59 Å². The maximum atomic E-state index is 12.9. The molecular formula is C17H18N2O3S. The van der Waals surface area contributed by atoms with E-state index >= 15 is 0 Å². The van der Waals surface area contributed by atoms with Crippen LogP contribution in [0.1, 0.15) is 38.6 Å². The quantitative estimate of drug-likeness (QED) is 0.939. The number of carbonyl (C=O) groups excluding carboxylic acids is 2. The summed E-state index contributed by atoms with van der Waals surface area (Å²) in [5, 5.41) is 1.62. The van der Waals surface area contributed by atoms with Crippen molar-refractivity contribution in [2.75, 3.05) is 13.2 Å². The molecule has 2 atom stereocenters. The Labute approximate surface area is 138 Å². The molecule has 0 saturated carbocycles. The lowest BCUT2D eigenvalue weighted by Crippen LogP contribution is -2.46. The number of rotatable bonds is 3. The summed E-state index contributed by atoms with van der Waals surface area (Å²) in [4.78, 5) is 26.5. The Hall–Kier alpha value is -2.18. The summed E-state index contributed by atoms with van der Waals surface area (Å²) in [6.45, 7) is 2.93. The van der Waals surface area contributed by atoms with E-state index in [0.29, 0.717) is 23.6 Å². The van der Waals surface area contributed by atoms with E-state index in [2.05, 4.69) is 0 Å². The Balaban J connectivity index is 1.89. The number of hydrogen-bond donors (Lipinski definition) is 1. The lowest BCUT2D eigenvalue weighted by atomic mass is 10.0. The molecule has 0 unspecified atom stereocenters. The summed E-state index contributed by atoms with van der Waals surface area (Å²) in [6.07, 6.45) is -0.0190. The summed E-state index contributed by atoms with van der Waals surface area (Å²) in [6, 6.07) is 11.3. The van der Waals surface area contributed by atoms with Gasteiger partial charge in [-0.25, -0.2) is 0 Å². The van der Waals surface area contributed by atoms with E-state index in [-0.39, 0.29) is 18.1 Å². The number of benzene rings is 1. The number of nitrogens with two attached hydrogens (primary N) is 1. The van der Waals surface area contributed by atoms with Crippen LogP contribution in [0.15, 0.2) is 41.8 Å². The highest BCUT2D eigenvalue weighted by Crippen LogP contribution is 2.29. The monoisotopic (exact) mass is 330 g/mol. The van der Waals surface area contributed by atoms with Crippen LogP contribution in [-0.2, 0) is 4.74 Å². The van der Waals surface area contributed by atoms with Crippen molar-refractivity contribution in [1.29, 1.82) is 0 Å². The number of hydrogen-bond acceptors (Lipinski definition) is 4. The average molecular weight is 330 g/mol. The number of ether oxygens (including phenoxy) is 1. The van der Waals surface area contributed by atoms with Crippen molar-refractivity contribution >= 4 is 23.2 Å². The molecule has 0 spiro atoms. The van der Waals surface area contributed by atoms with Crippen LogP contribution in [-0.4, -0.2) is 36.0 Å². The third kappa shape index (κ3) is 3.28. The molecule has 0 bridgehead atoms. The molecule has 0 radical (unpaired) electrons. The first kappa shape index (κ1) is 15.7. The van der Waals surface area contributed by atoms with Crippen molar-refractivity contribution in [3.63, 3.8) is 0 Å². The molecule has 1 aromatic carbocycles. The third-order valence-corrected chi connectivity index (χ3v) is 4.83. The van der Waals surface area contributed by atoms with Gasteiger partial charge in [-0.15, -0.1) is 11.3 Å². The maximum absolute atomic E-state index is 12.9. The Morgan fingerprint density at radius 3 is 2.70 bits per heavy atom. The van der Waals surface area contributed by atoms with Gasteiger partial charge in [0.25, 0.3) is 5.91 Å². The number of morpholine rings is 1. The number of carbonyl (C=O) groups is 2. The van der Waals surface area contributed by atoms with E-state index in [1.165, 1.54) is 11.3 Å². The molecule has 6 heteroatoms. The second-order valence-electron chi connectivity index (χ2n) is 5.59. The number of nitrogens with zero attached hydrogens (tertiary/aromatic N) is 1. The zero-order valence-corrected chi connectivity index (χ0v) is 13.6. The van der Waals surface area contributed by atoms with Gasteiger partial charge in [-0.1, -0.05) is 30.3 Å². The molecule has 120 valence electrons. The lowest BCUT2D eigenvalue weighted by molar-refractivity contribution is -0.0446. The van der Waals surface area contributed by atoms with Crippen molar-refractivity contribution in [2.45, 2.75) is 19.1 Å². The molecule has 1 fully saturated rings. The number of thiophene rings is 1. The zero-order valence-electron chi connectivity index (χ0n) is 12.8. The van der Waals surface area contributed by atoms with Gasteiger partial charge < -0.3 is 15.4 Å². The molecule has 3 rings (SSSR count). The minimum absolute atomic E-state index is 0.0190.